The van der Waals surface area contributed by atoms with Crippen LogP contribution in [-0.2, 0) is 4.79 Å². The Morgan fingerprint density at radius 2 is 1.79 bits per heavy atom. The van der Waals surface area contributed by atoms with Crippen LogP contribution in [0.3, 0.4) is 0 Å². The molecule has 8 heteroatoms. The molecule has 0 saturated carbocycles. The van der Waals surface area contributed by atoms with Crippen LogP contribution in [0.5, 0.6) is 28.7 Å². The van der Waals surface area contributed by atoms with Gasteiger partial charge >= 0.3 is 0 Å². The van der Waals surface area contributed by atoms with Crippen LogP contribution in [0.1, 0.15) is 35.7 Å². The highest BCUT2D eigenvalue weighted by atomic mass is 16.5. The van der Waals surface area contributed by atoms with Crippen LogP contribution >= 0.6 is 0 Å². The van der Waals surface area contributed by atoms with Crippen molar-refractivity contribution in [3.8, 4) is 28.7 Å². The topological polar surface area (TPSA) is 83.5 Å². The Hall–Kier alpha value is -3.68. The first-order valence-corrected chi connectivity index (χ1v) is 11.2. The van der Waals surface area contributed by atoms with Crippen molar-refractivity contribution in [2.45, 2.75) is 19.8 Å². The third-order valence-electron chi connectivity index (χ3n) is 6.16. The maximum atomic E-state index is 12.9. The minimum atomic E-state index is -0.253. The molecule has 0 radical (unpaired) electrons. The summed E-state index contributed by atoms with van der Waals surface area (Å²) in [5.41, 5.74) is 1.03. The van der Waals surface area contributed by atoms with Gasteiger partial charge in [-0.25, -0.2) is 0 Å². The molecule has 0 aromatic heterocycles. The molecule has 2 aliphatic heterocycles. The fourth-order valence-electron chi connectivity index (χ4n) is 4.13. The van der Waals surface area contributed by atoms with Crippen LogP contribution < -0.4 is 23.7 Å². The van der Waals surface area contributed by atoms with Crippen molar-refractivity contribution in [3.63, 3.8) is 0 Å². The van der Waals surface area contributed by atoms with Gasteiger partial charge in [0, 0.05) is 24.7 Å². The van der Waals surface area contributed by atoms with E-state index in [2.05, 4.69) is 6.92 Å². The van der Waals surface area contributed by atoms with E-state index in [1.807, 2.05) is 4.90 Å². The number of amides is 1. The first kappa shape index (κ1) is 23.5. The van der Waals surface area contributed by atoms with E-state index in [9.17, 15) is 9.59 Å². The summed E-state index contributed by atoms with van der Waals surface area (Å²) in [6.45, 7) is 3.68. The molecule has 0 spiro atoms. The Kier molecular flexibility index (Phi) is 6.95. The zero-order chi connectivity index (χ0) is 24.2. The maximum absolute atomic E-state index is 12.9. The predicted octanol–water partition coefficient (Wildman–Crippen LogP) is 3.97. The molecular formula is C26H29NO7. The second-order valence-electron chi connectivity index (χ2n) is 8.37. The van der Waals surface area contributed by atoms with Gasteiger partial charge in [-0.1, -0.05) is 6.92 Å². The lowest BCUT2D eigenvalue weighted by Gasteiger charge is -2.30. The molecule has 4 rings (SSSR count). The maximum Gasteiger partial charge on any atom is 0.260 e. The van der Waals surface area contributed by atoms with Gasteiger partial charge in [-0.2, -0.15) is 0 Å². The van der Waals surface area contributed by atoms with Gasteiger partial charge in [-0.15, -0.1) is 0 Å². The predicted molar refractivity (Wildman–Crippen MR) is 126 cm³/mol. The molecule has 1 saturated heterocycles. The summed E-state index contributed by atoms with van der Waals surface area (Å²) in [5.74, 6) is 2.72. The summed E-state index contributed by atoms with van der Waals surface area (Å²) in [5, 5.41) is 0. The number of fused-ring (bicyclic) bond motifs is 1. The number of rotatable bonds is 7. The Bertz CT molecular complexity index is 1120. The minimum absolute atomic E-state index is 0.0365. The minimum Gasteiger partial charge on any atom is -0.493 e. The van der Waals surface area contributed by atoms with E-state index in [0.29, 0.717) is 45.8 Å². The number of likely N-dealkylation sites (tertiary alicyclic amines) is 1. The number of hydrogen-bond donors (Lipinski definition) is 0. The van der Waals surface area contributed by atoms with E-state index in [1.165, 1.54) is 21.3 Å². The fraction of sp³-hybridized carbons (Fsp3) is 0.385. The molecule has 0 bridgehead atoms. The van der Waals surface area contributed by atoms with E-state index in [-0.39, 0.29) is 24.1 Å². The third kappa shape index (κ3) is 4.66. The number of carbonyl (C=O) groups excluding carboxylic acids is 2. The zero-order valence-electron chi connectivity index (χ0n) is 19.9. The average Bonchev–Trinajstić information content (AvgIpc) is 3.16. The van der Waals surface area contributed by atoms with Gasteiger partial charge in [0.1, 0.15) is 11.5 Å². The number of piperidine rings is 1. The highest BCUT2D eigenvalue weighted by Gasteiger charge is 2.29. The third-order valence-corrected chi connectivity index (χ3v) is 6.16. The first-order valence-electron chi connectivity index (χ1n) is 11.2. The van der Waals surface area contributed by atoms with Gasteiger partial charge in [-0.3, -0.25) is 9.59 Å². The molecule has 0 aliphatic carbocycles. The average molecular weight is 468 g/mol. The number of benzene rings is 2. The number of ketones is 1. The van der Waals surface area contributed by atoms with Gasteiger partial charge < -0.3 is 28.6 Å². The van der Waals surface area contributed by atoms with Crippen molar-refractivity contribution in [3.05, 3.63) is 47.2 Å². The number of hydrogen-bond acceptors (Lipinski definition) is 7. The van der Waals surface area contributed by atoms with E-state index in [0.717, 1.165) is 25.9 Å². The monoisotopic (exact) mass is 467 g/mol. The van der Waals surface area contributed by atoms with Crippen molar-refractivity contribution in [2.75, 3.05) is 41.0 Å². The number of nitrogens with zero attached hydrogens (tertiary/aromatic N) is 1. The molecule has 180 valence electrons. The molecule has 1 fully saturated rings. The van der Waals surface area contributed by atoms with Crippen LogP contribution in [0.25, 0.3) is 6.08 Å². The van der Waals surface area contributed by atoms with Crippen LogP contribution in [0, 0.1) is 5.92 Å². The van der Waals surface area contributed by atoms with Crippen molar-refractivity contribution >= 4 is 17.8 Å². The molecule has 2 aromatic rings. The molecule has 1 amide bonds. The molecule has 2 aromatic carbocycles. The Morgan fingerprint density at radius 1 is 1.06 bits per heavy atom. The molecule has 0 atom stereocenters. The highest BCUT2D eigenvalue weighted by molar-refractivity contribution is 6.14. The summed E-state index contributed by atoms with van der Waals surface area (Å²) in [7, 11) is 4.57. The largest absolute Gasteiger partial charge is 0.493 e. The molecule has 0 N–H and O–H groups in total. The van der Waals surface area contributed by atoms with Gasteiger partial charge in [-0.05, 0) is 49.1 Å². The van der Waals surface area contributed by atoms with Crippen molar-refractivity contribution < 1.29 is 33.3 Å². The van der Waals surface area contributed by atoms with E-state index in [4.69, 9.17) is 23.7 Å². The van der Waals surface area contributed by atoms with Crippen LogP contribution in [0.4, 0.5) is 0 Å². The number of methoxy groups -OCH3 is 3. The summed E-state index contributed by atoms with van der Waals surface area (Å²) in [6.07, 6.45) is 3.63. The van der Waals surface area contributed by atoms with Crippen LogP contribution in [0.15, 0.2) is 36.1 Å². The first-order chi connectivity index (χ1) is 16.4. The molecule has 2 aliphatic rings. The SMILES string of the molecule is COc1ccc(C=C2Oc3cc(OCC(=O)N4CCC(C)CC4)ccc3C2=O)c(OC)c1OC. The lowest BCUT2D eigenvalue weighted by molar-refractivity contribution is -0.134. The Morgan fingerprint density at radius 3 is 2.47 bits per heavy atom. The molecule has 2 heterocycles. The van der Waals surface area contributed by atoms with Crippen LogP contribution in [-0.4, -0.2) is 57.6 Å². The molecule has 0 unspecified atom stereocenters. The Labute approximate surface area is 199 Å². The second-order valence-corrected chi connectivity index (χ2v) is 8.37. The van der Waals surface area contributed by atoms with Gasteiger partial charge in [0.05, 0.1) is 26.9 Å². The van der Waals surface area contributed by atoms with E-state index < -0.39 is 0 Å². The second kappa shape index (κ2) is 10.1. The van der Waals surface area contributed by atoms with Crippen molar-refractivity contribution in [2.24, 2.45) is 5.92 Å². The van der Waals surface area contributed by atoms with Gasteiger partial charge in [0.15, 0.2) is 23.9 Å². The van der Waals surface area contributed by atoms with Crippen molar-refractivity contribution in [1.29, 1.82) is 0 Å². The van der Waals surface area contributed by atoms with Gasteiger partial charge in [0.2, 0.25) is 11.5 Å². The molecule has 34 heavy (non-hydrogen) atoms. The fourth-order valence-corrected chi connectivity index (χ4v) is 4.13. The van der Waals surface area contributed by atoms with Crippen LogP contribution in [0.2, 0.25) is 0 Å². The normalized spacial score (nSPS) is 16.8. The smallest absolute Gasteiger partial charge is 0.260 e. The lowest BCUT2D eigenvalue weighted by Crippen LogP contribution is -2.40. The summed E-state index contributed by atoms with van der Waals surface area (Å²) in [4.78, 5) is 27.2. The number of allylic oxidation sites excluding steroid dienone is 1. The number of Topliss-reactive ketones (excluding diaryl/α,β-unsaturated/α-hetero) is 1. The quantitative estimate of drug-likeness (QED) is 0.570. The lowest BCUT2D eigenvalue weighted by atomic mass is 9.99. The summed E-state index contributed by atoms with van der Waals surface area (Å²) >= 11 is 0. The van der Waals surface area contributed by atoms with E-state index in [1.54, 1.807) is 36.4 Å². The standard InChI is InChI=1S/C26H29NO7/c1-16-9-11-27(12-10-16)23(28)15-33-18-6-7-19-21(14-18)34-22(24(19)29)13-17-5-8-20(30-2)26(32-4)25(17)31-3/h5-8,13-14,16H,9-12,15H2,1-4H3. The molecule has 8 nitrogen and oxygen atoms in total. The number of ether oxygens (including phenoxy) is 5. The van der Waals surface area contributed by atoms with Gasteiger partial charge in [0.25, 0.3) is 5.91 Å². The van der Waals surface area contributed by atoms with E-state index >= 15 is 0 Å². The summed E-state index contributed by atoms with van der Waals surface area (Å²) < 4.78 is 27.7. The van der Waals surface area contributed by atoms with Crippen molar-refractivity contribution in [1.82, 2.24) is 4.90 Å². The number of carbonyl (C=O) groups is 2. The molecular weight excluding hydrogens is 438 g/mol. The summed E-state index contributed by atoms with van der Waals surface area (Å²) in [6, 6.07) is 8.43. The Balaban J connectivity index is 1.48. The highest BCUT2D eigenvalue weighted by Crippen LogP contribution is 2.42. The zero-order valence-corrected chi connectivity index (χ0v) is 19.9.